The fourth-order valence-electron chi connectivity index (χ4n) is 1.31. The summed E-state index contributed by atoms with van der Waals surface area (Å²) < 4.78 is 9.96. The van der Waals surface area contributed by atoms with Crippen LogP contribution in [-0.4, -0.2) is 24.2 Å². The van der Waals surface area contributed by atoms with Crippen molar-refractivity contribution in [3.8, 4) is 11.5 Å². The fourth-order valence-corrected chi connectivity index (χ4v) is 1.31. The topological polar surface area (TPSA) is 72.8 Å². The molecule has 72 valence electrons. The van der Waals surface area contributed by atoms with E-state index in [-0.39, 0.29) is 23.7 Å². The zero-order valence-electron chi connectivity index (χ0n) is 7.02. The minimum absolute atomic E-state index is 0.0159. The number of ether oxygens (including phenoxy) is 2. The van der Waals surface area contributed by atoms with Gasteiger partial charge in [-0.15, -0.1) is 0 Å². The van der Waals surface area contributed by atoms with Gasteiger partial charge in [-0.05, 0) is 12.1 Å². The Labute approximate surface area is 78.9 Å². The Balaban J connectivity index is 2.68. The number of fused-ring (bicyclic) bond motifs is 1. The van der Waals surface area contributed by atoms with Gasteiger partial charge in [0.1, 0.15) is 5.56 Å². The first-order valence-electron chi connectivity index (χ1n) is 3.85. The minimum Gasteiger partial charge on any atom is -0.478 e. The molecule has 5 nitrogen and oxygen atoms in total. The molecule has 0 bridgehead atoms. The largest absolute Gasteiger partial charge is 0.478 e. The summed E-state index contributed by atoms with van der Waals surface area (Å²) in [5, 5.41) is 8.87. The average molecular weight is 194 g/mol. The Morgan fingerprint density at radius 3 is 2.86 bits per heavy atom. The summed E-state index contributed by atoms with van der Waals surface area (Å²) in [5.41, 5.74) is -0.0586. The third-order valence-electron chi connectivity index (χ3n) is 1.91. The zero-order chi connectivity index (χ0) is 10.1. The lowest BCUT2D eigenvalue weighted by Crippen LogP contribution is -2.03. The summed E-state index contributed by atoms with van der Waals surface area (Å²) in [6, 6.07) is 2.91. The van der Waals surface area contributed by atoms with E-state index < -0.39 is 5.97 Å². The van der Waals surface area contributed by atoms with Crippen molar-refractivity contribution in [2.45, 2.75) is 0 Å². The van der Waals surface area contributed by atoms with Crippen LogP contribution in [0.5, 0.6) is 11.5 Å². The van der Waals surface area contributed by atoms with Crippen LogP contribution in [-0.2, 0) is 0 Å². The fraction of sp³-hybridized carbons (Fsp3) is 0.111. The molecule has 1 aliphatic heterocycles. The first-order chi connectivity index (χ1) is 6.74. The van der Waals surface area contributed by atoms with Gasteiger partial charge in [0, 0.05) is 5.56 Å². The van der Waals surface area contributed by atoms with Crippen molar-refractivity contribution in [1.82, 2.24) is 0 Å². The molecule has 5 heteroatoms. The number of aldehydes is 1. The molecule has 0 aromatic heterocycles. The molecule has 2 rings (SSSR count). The summed E-state index contributed by atoms with van der Waals surface area (Å²) in [6.07, 6.45) is 0.478. The molecule has 14 heavy (non-hydrogen) atoms. The number of carboxylic acid groups (broad SMARTS) is 1. The lowest BCUT2D eigenvalue weighted by atomic mass is 10.1. The van der Waals surface area contributed by atoms with Crippen molar-refractivity contribution in [2.75, 3.05) is 6.79 Å². The van der Waals surface area contributed by atoms with E-state index in [4.69, 9.17) is 14.6 Å². The highest BCUT2D eigenvalue weighted by atomic mass is 16.7. The van der Waals surface area contributed by atoms with Gasteiger partial charge in [-0.1, -0.05) is 0 Å². The van der Waals surface area contributed by atoms with Crippen LogP contribution in [0, 0.1) is 0 Å². The number of rotatable bonds is 2. The molecule has 1 aromatic rings. The van der Waals surface area contributed by atoms with Crippen LogP contribution in [0.1, 0.15) is 20.7 Å². The molecule has 0 unspecified atom stereocenters. The molecule has 0 saturated heterocycles. The van der Waals surface area contributed by atoms with Crippen LogP contribution in [0.3, 0.4) is 0 Å². The van der Waals surface area contributed by atoms with E-state index in [0.29, 0.717) is 12.0 Å². The van der Waals surface area contributed by atoms with E-state index >= 15 is 0 Å². The number of aromatic carboxylic acids is 1. The average Bonchev–Trinajstić information content (AvgIpc) is 2.62. The maximum Gasteiger partial charge on any atom is 0.340 e. The normalized spacial score (nSPS) is 12.6. The predicted molar refractivity (Wildman–Crippen MR) is 44.9 cm³/mol. The van der Waals surface area contributed by atoms with E-state index in [1.165, 1.54) is 12.1 Å². The molecule has 1 aromatic carbocycles. The Hall–Kier alpha value is -2.04. The highest BCUT2D eigenvalue weighted by molar-refractivity contribution is 6.00. The SMILES string of the molecule is O=Cc1ccc2c(c1C(=O)O)OCO2. The molecular formula is C9H6O5. The van der Waals surface area contributed by atoms with Gasteiger partial charge < -0.3 is 14.6 Å². The molecule has 0 fully saturated rings. The quantitative estimate of drug-likeness (QED) is 0.709. The van der Waals surface area contributed by atoms with Crippen molar-refractivity contribution in [3.05, 3.63) is 23.3 Å². The van der Waals surface area contributed by atoms with E-state index in [0.717, 1.165) is 0 Å². The second-order valence-corrected chi connectivity index (χ2v) is 2.69. The third kappa shape index (κ3) is 1.10. The lowest BCUT2D eigenvalue weighted by Gasteiger charge is -2.03. The molecule has 1 aliphatic rings. The summed E-state index contributed by atoms with van der Waals surface area (Å²) in [7, 11) is 0. The van der Waals surface area contributed by atoms with Gasteiger partial charge in [0.15, 0.2) is 17.8 Å². The standard InChI is InChI=1S/C9H6O5/c10-3-5-1-2-6-8(14-4-13-6)7(5)9(11)12/h1-3H,4H2,(H,11,12). The number of hydrogen-bond acceptors (Lipinski definition) is 4. The highest BCUT2D eigenvalue weighted by Gasteiger charge is 2.24. The summed E-state index contributed by atoms with van der Waals surface area (Å²) >= 11 is 0. The lowest BCUT2D eigenvalue weighted by molar-refractivity contribution is 0.0689. The van der Waals surface area contributed by atoms with Gasteiger partial charge in [0.25, 0.3) is 0 Å². The Morgan fingerprint density at radius 1 is 1.43 bits per heavy atom. The van der Waals surface area contributed by atoms with Gasteiger partial charge in [0.05, 0.1) is 0 Å². The summed E-state index contributed by atoms with van der Waals surface area (Å²) in [5.74, 6) is -0.718. The van der Waals surface area contributed by atoms with Crippen molar-refractivity contribution in [2.24, 2.45) is 0 Å². The van der Waals surface area contributed by atoms with Crippen LogP contribution >= 0.6 is 0 Å². The van der Waals surface area contributed by atoms with E-state index in [1.807, 2.05) is 0 Å². The van der Waals surface area contributed by atoms with Crippen LogP contribution in [0.4, 0.5) is 0 Å². The van der Waals surface area contributed by atoms with Crippen LogP contribution in [0.25, 0.3) is 0 Å². The number of benzene rings is 1. The van der Waals surface area contributed by atoms with Gasteiger partial charge in [-0.25, -0.2) is 4.79 Å². The molecule has 0 saturated carbocycles. The first-order valence-corrected chi connectivity index (χ1v) is 3.85. The van der Waals surface area contributed by atoms with Gasteiger partial charge >= 0.3 is 5.97 Å². The van der Waals surface area contributed by atoms with Gasteiger partial charge in [-0.2, -0.15) is 0 Å². The van der Waals surface area contributed by atoms with E-state index in [9.17, 15) is 9.59 Å². The number of hydrogen-bond donors (Lipinski definition) is 1. The molecule has 0 spiro atoms. The Bertz CT molecular complexity index is 410. The van der Waals surface area contributed by atoms with Crippen LogP contribution in [0.15, 0.2) is 12.1 Å². The summed E-state index contributed by atoms with van der Waals surface area (Å²) in [4.78, 5) is 21.4. The maximum atomic E-state index is 10.8. The van der Waals surface area contributed by atoms with Crippen LogP contribution < -0.4 is 9.47 Å². The molecule has 1 heterocycles. The smallest absolute Gasteiger partial charge is 0.340 e. The molecule has 0 radical (unpaired) electrons. The van der Waals surface area contributed by atoms with Crippen molar-refractivity contribution < 1.29 is 24.2 Å². The predicted octanol–water partition coefficient (Wildman–Crippen LogP) is 0.926. The highest BCUT2D eigenvalue weighted by Crippen LogP contribution is 2.36. The first kappa shape index (κ1) is 8.55. The van der Waals surface area contributed by atoms with Crippen molar-refractivity contribution >= 4 is 12.3 Å². The Morgan fingerprint density at radius 2 is 2.21 bits per heavy atom. The van der Waals surface area contributed by atoms with Gasteiger partial charge in [0.2, 0.25) is 6.79 Å². The van der Waals surface area contributed by atoms with Crippen molar-refractivity contribution in [1.29, 1.82) is 0 Å². The third-order valence-corrected chi connectivity index (χ3v) is 1.91. The number of carboxylic acids is 1. The Kier molecular flexibility index (Phi) is 1.85. The number of carbonyl (C=O) groups is 2. The van der Waals surface area contributed by atoms with Crippen LogP contribution in [0.2, 0.25) is 0 Å². The van der Waals surface area contributed by atoms with E-state index in [2.05, 4.69) is 0 Å². The molecule has 0 atom stereocenters. The number of carbonyl (C=O) groups excluding carboxylic acids is 1. The monoisotopic (exact) mass is 194 g/mol. The second-order valence-electron chi connectivity index (χ2n) is 2.69. The molecule has 0 amide bonds. The van der Waals surface area contributed by atoms with Gasteiger partial charge in [-0.3, -0.25) is 4.79 Å². The van der Waals surface area contributed by atoms with Crippen molar-refractivity contribution in [3.63, 3.8) is 0 Å². The molecule has 1 N–H and O–H groups in total. The molecule has 0 aliphatic carbocycles. The molecular weight excluding hydrogens is 188 g/mol. The minimum atomic E-state index is -1.20. The maximum absolute atomic E-state index is 10.8. The zero-order valence-corrected chi connectivity index (χ0v) is 7.02. The second kappa shape index (κ2) is 3.02. The summed E-state index contributed by atoms with van der Waals surface area (Å²) in [6.45, 7) is -0.0159. The van der Waals surface area contributed by atoms with E-state index in [1.54, 1.807) is 0 Å².